The van der Waals surface area contributed by atoms with Gasteiger partial charge in [0.1, 0.15) is 24.3 Å². The Morgan fingerprint density at radius 2 is 2.03 bits per heavy atom. The van der Waals surface area contributed by atoms with Gasteiger partial charge in [-0.15, -0.1) is 18.3 Å². The predicted octanol–water partition coefficient (Wildman–Crippen LogP) is 3.91. The lowest BCUT2D eigenvalue weighted by molar-refractivity contribution is -0.274. The fraction of sp³-hybridized carbons (Fsp3) is 0.385. The number of methoxy groups -OCH3 is 1. The van der Waals surface area contributed by atoms with Gasteiger partial charge >= 0.3 is 12.4 Å². The van der Waals surface area contributed by atoms with E-state index in [1.54, 1.807) is 6.92 Å². The lowest BCUT2D eigenvalue weighted by Crippen LogP contribution is -2.41. The average molecular weight is 550 g/mol. The summed E-state index contributed by atoms with van der Waals surface area (Å²) in [6.45, 7) is 3.99. The summed E-state index contributed by atoms with van der Waals surface area (Å²) in [6.07, 6.45) is -5.02. The zero-order valence-corrected chi connectivity index (χ0v) is 21.5. The van der Waals surface area contributed by atoms with Gasteiger partial charge in [0.15, 0.2) is 0 Å². The number of carbonyl (C=O) groups excluding carboxylic acids is 1. The number of aromatic nitrogens is 2. The Morgan fingerprint density at radius 1 is 1.23 bits per heavy atom. The normalized spacial score (nSPS) is 15.6. The van der Waals surface area contributed by atoms with Crippen molar-refractivity contribution in [3.8, 4) is 17.3 Å². The van der Waals surface area contributed by atoms with Crippen molar-refractivity contribution in [3.05, 3.63) is 65.2 Å². The molecule has 0 unspecified atom stereocenters. The van der Waals surface area contributed by atoms with Gasteiger partial charge in [0, 0.05) is 32.3 Å². The summed E-state index contributed by atoms with van der Waals surface area (Å²) >= 11 is 0. The Labute approximate surface area is 223 Å². The standard InChI is InChI=1S/C26H30F3N5O5/c1-17-23(32-25(35)31-13-19-12-18(15-36-2)8-9-22(19)39-26(27,28)29)34(20-6-4-3-5-7-20)33-24(17)38-16-21-14-30-10-11-37-21/h3-9,12,21,30H,10-11,13-16H2,1-2H3,(H2,31,32,35)/t21-/m0/s1. The van der Waals surface area contributed by atoms with Crippen molar-refractivity contribution in [2.75, 3.05) is 38.7 Å². The molecule has 2 amide bonds. The molecule has 3 aromatic rings. The molecule has 0 radical (unpaired) electrons. The molecule has 210 valence electrons. The summed E-state index contributed by atoms with van der Waals surface area (Å²) in [5.41, 5.74) is 2.01. The Hall–Kier alpha value is -3.81. The van der Waals surface area contributed by atoms with Crippen LogP contribution in [0.15, 0.2) is 48.5 Å². The van der Waals surface area contributed by atoms with Crippen LogP contribution in [0.2, 0.25) is 0 Å². The van der Waals surface area contributed by atoms with Crippen LogP contribution in [0.5, 0.6) is 11.6 Å². The van der Waals surface area contributed by atoms with Crippen molar-refractivity contribution in [2.24, 2.45) is 0 Å². The highest BCUT2D eigenvalue weighted by Crippen LogP contribution is 2.30. The van der Waals surface area contributed by atoms with E-state index in [9.17, 15) is 18.0 Å². The molecule has 1 aliphatic heterocycles. The number of hydrogen-bond donors (Lipinski definition) is 3. The fourth-order valence-electron chi connectivity index (χ4n) is 3.99. The first-order valence-corrected chi connectivity index (χ1v) is 12.2. The predicted molar refractivity (Wildman–Crippen MR) is 136 cm³/mol. The van der Waals surface area contributed by atoms with E-state index in [2.05, 4.69) is 25.8 Å². The van der Waals surface area contributed by atoms with Gasteiger partial charge in [-0.05, 0) is 36.8 Å². The highest BCUT2D eigenvalue weighted by atomic mass is 19.4. The van der Waals surface area contributed by atoms with Crippen LogP contribution in [0, 0.1) is 6.92 Å². The smallest absolute Gasteiger partial charge is 0.474 e. The maximum Gasteiger partial charge on any atom is 0.573 e. The van der Waals surface area contributed by atoms with Crippen molar-refractivity contribution < 1.29 is 36.9 Å². The van der Waals surface area contributed by atoms with Crippen LogP contribution in [0.4, 0.5) is 23.8 Å². The molecule has 0 saturated carbocycles. The van der Waals surface area contributed by atoms with Crippen LogP contribution in [0.25, 0.3) is 5.69 Å². The minimum absolute atomic E-state index is 0.135. The number of anilines is 1. The number of hydrogen-bond acceptors (Lipinski definition) is 7. The number of ether oxygens (including phenoxy) is 4. The minimum Gasteiger partial charge on any atom is -0.474 e. The Bertz CT molecular complexity index is 1250. The molecule has 4 rings (SSSR count). The molecule has 3 N–H and O–H groups in total. The van der Waals surface area contributed by atoms with Gasteiger partial charge in [-0.1, -0.05) is 24.3 Å². The molecule has 39 heavy (non-hydrogen) atoms. The molecule has 1 aromatic heterocycles. The van der Waals surface area contributed by atoms with E-state index in [4.69, 9.17) is 14.2 Å². The molecule has 0 aliphatic carbocycles. The van der Waals surface area contributed by atoms with E-state index in [1.165, 1.54) is 30.0 Å². The summed E-state index contributed by atoms with van der Waals surface area (Å²) in [7, 11) is 1.47. The number of rotatable bonds is 10. The number of halogens is 3. The first-order chi connectivity index (χ1) is 18.7. The molecular formula is C26H30F3N5O5. The topological polar surface area (TPSA) is 108 Å². The van der Waals surface area contributed by atoms with E-state index in [0.717, 1.165) is 6.54 Å². The summed E-state index contributed by atoms with van der Waals surface area (Å²) in [5.74, 6) is 0.246. The molecule has 1 atom stereocenters. The van der Waals surface area contributed by atoms with Gasteiger partial charge in [0.05, 0.1) is 24.5 Å². The maximum atomic E-state index is 12.9. The van der Waals surface area contributed by atoms with E-state index in [0.29, 0.717) is 41.7 Å². The Morgan fingerprint density at radius 3 is 2.72 bits per heavy atom. The third kappa shape index (κ3) is 7.85. The van der Waals surface area contributed by atoms with Crippen LogP contribution >= 0.6 is 0 Å². The van der Waals surface area contributed by atoms with E-state index in [1.807, 2.05) is 30.3 Å². The quantitative estimate of drug-likeness (QED) is 0.352. The first kappa shape index (κ1) is 28.2. The molecule has 2 heterocycles. The fourth-order valence-corrected chi connectivity index (χ4v) is 3.99. The highest BCUT2D eigenvalue weighted by Gasteiger charge is 2.32. The number of amides is 2. The van der Waals surface area contributed by atoms with Crippen LogP contribution in [0.1, 0.15) is 16.7 Å². The number of nitrogens with one attached hydrogen (secondary N) is 3. The number of carbonyl (C=O) groups is 1. The van der Waals surface area contributed by atoms with Crippen molar-refractivity contribution in [1.29, 1.82) is 0 Å². The second-order valence-corrected chi connectivity index (χ2v) is 8.76. The monoisotopic (exact) mass is 549 g/mol. The van der Waals surface area contributed by atoms with Crippen LogP contribution in [-0.2, 0) is 22.6 Å². The Kier molecular flexibility index (Phi) is 9.28. The van der Waals surface area contributed by atoms with Gasteiger partial charge in [-0.25, -0.2) is 9.48 Å². The summed E-state index contributed by atoms with van der Waals surface area (Å²) < 4.78 is 61.1. The zero-order chi connectivity index (χ0) is 27.8. The number of alkyl halides is 3. The number of benzene rings is 2. The molecule has 0 spiro atoms. The summed E-state index contributed by atoms with van der Waals surface area (Å²) in [4.78, 5) is 12.9. The van der Waals surface area contributed by atoms with Crippen LogP contribution in [0.3, 0.4) is 0 Å². The van der Waals surface area contributed by atoms with Gasteiger partial charge in [0.25, 0.3) is 0 Å². The summed E-state index contributed by atoms with van der Waals surface area (Å²) in [5, 5.41) is 13.1. The zero-order valence-electron chi connectivity index (χ0n) is 21.5. The van der Waals surface area contributed by atoms with E-state index in [-0.39, 0.29) is 31.4 Å². The summed E-state index contributed by atoms with van der Waals surface area (Å²) in [6, 6.07) is 12.6. The molecule has 13 heteroatoms. The Balaban J connectivity index is 1.51. The first-order valence-electron chi connectivity index (χ1n) is 12.2. The van der Waals surface area contributed by atoms with Gasteiger partial charge in [0.2, 0.25) is 5.88 Å². The average Bonchev–Trinajstić information content (AvgIpc) is 3.22. The molecule has 1 aliphatic rings. The molecule has 0 bridgehead atoms. The molecule has 1 fully saturated rings. The highest BCUT2D eigenvalue weighted by molar-refractivity contribution is 5.89. The van der Waals surface area contributed by atoms with Gasteiger partial charge < -0.3 is 29.6 Å². The largest absolute Gasteiger partial charge is 0.573 e. The molecule has 10 nitrogen and oxygen atoms in total. The van der Waals surface area contributed by atoms with Crippen molar-refractivity contribution in [2.45, 2.75) is 32.5 Å². The third-order valence-electron chi connectivity index (χ3n) is 5.82. The SMILES string of the molecule is COCc1ccc(OC(F)(F)F)c(CNC(=O)Nc2c(C)c(OC[C@@H]3CNCCO3)nn2-c2ccccc2)c1. The lowest BCUT2D eigenvalue weighted by Gasteiger charge is -2.23. The number of morpholine rings is 1. The lowest BCUT2D eigenvalue weighted by atomic mass is 10.1. The molecule has 1 saturated heterocycles. The van der Waals surface area contributed by atoms with Crippen molar-refractivity contribution in [1.82, 2.24) is 20.4 Å². The number of nitrogens with zero attached hydrogens (tertiary/aromatic N) is 2. The minimum atomic E-state index is -4.88. The number of para-hydroxylation sites is 1. The van der Waals surface area contributed by atoms with Crippen LogP contribution < -0.4 is 25.4 Å². The molecular weight excluding hydrogens is 519 g/mol. The number of urea groups is 1. The van der Waals surface area contributed by atoms with Crippen LogP contribution in [-0.4, -0.2) is 61.7 Å². The maximum absolute atomic E-state index is 12.9. The van der Waals surface area contributed by atoms with E-state index >= 15 is 0 Å². The second-order valence-electron chi connectivity index (χ2n) is 8.76. The second kappa shape index (κ2) is 12.8. The van der Waals surface area contributed by atoms with Crippen molar-refractivity contribution in [3.63, 3.8) is 0 Å². The van der Waals surface area contributed by atoms with Gasteiger partial charge in [-0.3, -0.25) is 5.32 Å². The third-order valence-corrected chi connectivity index (χ3v) is 5.82. The van der Waals surface area contributed by atoms with E-state index < -0.39 is 18.1 Å². The molecule has 2 aromatic carbocycles. The van der Waals surface area contributed by atoms with Crippen molar-refractivity contribution >= 4 is 11.8 Å². The van der Waals surface area contributed by atoms with Gasteiger partial charge in [-0.2, -0.15) is 0 Å².